The van der Waals surface area contributed by atoms with Gasteiger partial charge in [-0.25, -0.2) is 9.78 Å². The van der Waals surface area contributed by atoms with Crippen molar-refractivity contribution in [3.8, 4) is 22.8 Å². The normalized spacial score (nSPS) is 10.6. The molecule has 1 heterocycles. The zero-order valence-electron chi connectivity index (χ0n) is 13.7. The number of carboxylic acid groups (broad SMARTS) is 1. The average molecular weight is 323 g/mol. The van der Waals surface area contributed by atoms with Crippen molar-refractivity contribution in [1.29, 1.82) is 0 Å². The number of hydrogen-bond acceptors (Lipinski definition) is 4. The molecular formula is C19H17NO4. The number of methoxy groups -OCH3 is 2. The zero-order valence-corrected chi connectivity index (χ0v) is 13.7. The molecule has 0 aliphatic heterocycles. The first-order valence-corrected chi connectivity index (χ1v) is 7.41. The SMILES string of the molecule is COc1cccc(-c2cc(C(=O)O)c3cc(C)ccc3n2)c1OC. The summed E-state index contributed by atoms with van der Waals surface area (Å²) in [7, 11) is 3.10. The summed E-state index contributed by atoms with van der Waals surface area (Å²) in [4.78, 5) is 16.3. The van der Waals surface area contributed by atoms with Crippen LogP contribution >= 0.6 is 0 Å². The Kier molecular flexibility index (Phi) is 4.08. The Morgan fingerprint density at radius 2 is 1.88 bits per heavy atom. The lowest BCUT2D eigenvalue weighted by Crippen LogP contribution is -2.01. The van der Waals surface area contributed by atoms with Crippen LogP contribution in [0.2, 0.25) is 0 Å². The molecule has 122 valence electrons. The Labute approximate surface area is 139 Å². The van der Waals surface area contributed by atoms with Gasteiger partial charge in [0.2, 0.25) is 0 Å². The maximum absolute atomic E-state index is 11.7. The summed E-state index contributed by atoms with van der Waals surface area (Å²) < 4.78 is 10.8. The number of para-hydroxylation sites is 1. The summed E-state index contributed by atoms with van der Waals surface area (Å²) in [5, 5.41) is 10.2. The number of pyridine rings is 1. The highest BCUT2D eigenvalue weighted by atomic mass is 16.5. The van der Waals surface area contributed by atoms with Crippen molar-refractivity contribution in [3.05, 3.63) is 53.6 Å². The van der Waals surface area contributed by atoms with E-state index in [1.54, 1.807) is 26.4 Å². The van der Waals surface area contributed by atoms with Crippen LogP contribution in [0, 0.1) is 6.92 Å². The number of ether oxygens (including phenoxy) is 2. The van der Waals surface area contributed by atoms with Gasteiger partial charge in [-0.05, 0) is 37.3 Å². The highest BCUT2D eigenvalue weighted by Gasteiger charge is 2.17. The third-order valence-corrected chi connectivity index (χ3v) is 3.87. The van der Waals surface area contributed by atoms with Gasteiger partial charge in [-0.2, -0.15) is 0 Å². The van der Waals surface area contributed by atoms with E-state index in [2.05, 4.69) is 4.98 Å². The molecular weight excluding hydrogens is 306 g/mol. The summed E-state index contributed by atoms with van der Waals surface area (Å²) in [5.74, 6) is 0.101. The Balaban J connectivity index is 2.32. The van der Waals surface area contributed by atoms with E-state index < -0.39 is 5.97 Å². The molecule has 0 unspecified atom stereocenters. The van der Waals surface area contributed by atoms with Crippen molar-refractivity contribution in [2.75, 3.05) is 14.2 Å². The average Bonchev–Trinajstić information content (AvgIpc) is 2.59. The van der Waals surface area contributed by atoms with Crippen molar-refractivity contribution >= 4 is 16.9 Å². The minimum Gasteiger partial charge on any atom is -0.493 e. The van der Waals surface area contributed by atoms with E-state index >= 15 is 0 Å². The van der Waals surface area contributed by atoms with Gasteiger partial charge in [0.15, 0.2) is 11.5 Å². The van der Waals surface area contributed by atoms with Crippen LogP contribution in [0.15, 0.2) is 42.5 Å². The number of fused-ring (bicyclic) bond motifs is 1. The van der Waals surface area contributed by atoms with E-state index in [-0.39, 0.29) is 5.56 Å². The summed E-state index contributed by atoms with van der Waals surface area (Å²) in [5.41, 5.74) is 3.03. The van der Waals surface area contributed by atoms with Crippen molar-refractivity contribution in [2.24, 2.45) is 0 Å². The molecule has 5 nitrogen and oxygen atoms in total. The minimum absolute atomic E-state index is 0.212. The summed E-state index contributed by atoms with van der Waals surface area (Å²) >= 11 is 0. The maximum atomic E-state index is 11.7. The predicted molar refractivity (Wildman–Crippen MR) is 92.0 cm³/mol. The fourth-order valence-electron chi connectivity index (χ4n) is 2.74. The van der Waals surface area contributed by atoms with E-state index in [0.717, 1.165) is 5.56 Å². The first-order chi connectivity index (χ1) is 11.5. The number of benzene rings is 2. The molecule has 2 aromatic carbocycles. The summed E-state index contributed by atoms with van der Waals surface area (Å²) in [6.07, 6.45) is 0. The third-order valence-electron chi connectivity index (χ3n) is 3.87. The molecule has 0 radical (unpaired) electrons. The Morgan fingerprint density at radius 3 is 2.54 bits per heavy atom. The van der Waals surface area contributed by atoms with E-state index in [4.69, 9.17) is 9.47 Å². The Bertz CT molecular complexity index is 934. The van der Waals surface area contributed by atoms with Crippen molar-refractivity contribution < 1.29 is 19.4 Å². The second-order valence-corrected chi connectivity index (χ2v) is 5.42. The topological polar surface area (TPSA) is 68.7 Å². The molecule has 0 saturated heterocycles. The quantitative estimate of drug-likeness (QED) is 0.788. The zero-order chi connectivity index (χ0) is 17.3. The Hall–Kier alpha value is -3.08. The van der Waals surface area contributed by atoms with Crippen LogP contribution in [0.4, 0.5) is 0 Å². The first-order valence-electron chi connectivity index (χ1n) is 7.41. The second kappa shape index (κ2) is 6.20. The van der Waals surface area contributed by atoms with Crippen LogP contribution in [-0.2, 0) is 0 Å². The number of hydrogen-bond donors (Lipinski definition) is 1. The number of aromatic carboxylic acids is 1. The molecule has 0 amide bonds. The number of aryl methyl sites for hydroxylation is 1. The number of carboxylic acids is 1. The fraction of sp³-hybridized carbons (Fsp3) is 0.158. The van der Waals surface area contributed by atoms with E-state index in [0.29, 0.717) is 33.7 Å². The van der Waals surface area contributed by atoms with Crippen LogP contribution in [0.1, 0.15) is 15.9 Å². The van der Waals surface area contributed by atoms with E-state index in [1.165, 1.54) is 0 Å². The molecule has 5 heteroatoms. The lowest BCUT2D eigenvalue weighted by Gasteiger charge is -2.13. The van der Waals surface area contributed by atoms with Gasteiger partial charge in [-0.1, -0.05) is 17.7 Å². The largest absolute Gasteiger partial charge is 0.493 e. The third kappa shape index (κ3) is 2.65. The molecule has 0 spiro atoms. The lowest BCUT2D eigenvalue weighted by molar-refractivity contribution is 0.0699. The highest BCUT2D eigenvalue weighted by Crippen LogP contribution is 2.38. The van der Waals surface area contributed by atoms with Crippen LogP contribution < -0.4 is 9.47 Å². The molecule has 0 saturated carbocycles. The van der Waals surface area contributed by atoms with Crippen LogP contribution in [0.25, 0.3) is 22.2 Å². The number of rotatable bonds is 4. The molecule has 24 heavy (non-hydrogen) atoms. The standard InChI is InChI=1S/C19H17NO4/c1-11-7-8-15-13(9-11)14(19(21)22)10-16(20-15)12-5-4-6-17(23-2)18(12)24-3/h4-10H,1-3H3,(H,21,22). The maximum Gasteiger partial charge on any atom is 0.336 e. The monoisotopic (exact) mass is 323 g/mol. The lowest BCUT2D eigenvalue weighted by atomic mass is 10.0. The number of carbonyl (C=O) groups is 1. The van der Waals surface area contributed by atoms with Crippen LogP contribution in [0.5, 0.6) is 11.5 Å². The highest BCUT2D eigenvalue weighted by molar-refractivity contribution is 6.04. The second-order valence-electron chi connectivity index (χ2n) is 5.42. The Morgan fingerprint density at radius 1 is 1.08 bits per heavy atom. The van der Waals surface area contributed by atoms with Crippen molar-refractivity contribution in [3.63, 3.8) is 0 Å². The summed E-state index contributed by atoms with van der Waals surface area (Å²) in [6, 6.07) is 12.6. The van der Waals surface area contributed by atoms with Crippen LogP contribution in [-0.4, -0.2) is 30.3 Å². The minimum atomic E-state index is -0.990. The number of nitrogens with zero attached hydrogens (tertiary/aromatic N) is 1. The van der Waals surface area contributed by atoms with Gasteiger partial charge in [0.25, 0.3) is 0 Å². The van der Waals surface area contributed by atoms with Gasteiger partial charge in [-0.15, -0.1) is 0 Å². The predicted octanol–water partition coefficient (Wildman–Crippen LogP) is 3.93. The number of aromatic nitrogens is 1. The van der Waals surface area contributed by atoms with Crippen molar-refractivity contribution in [2.45, 2.75) is 6.92 Å². The van der Waals surface area contributed by atoms with E-state index in [1.807, 2.05) is 37.3 Å². The molecule has 1 aromatic heterocycles. The fourth-order valence-corrected chi connectivity index (χ4v) is 2.74. The molecule has 0 bridgehead atoms. The smallest absolute Gasteiger partial charge is 0.336 e. The molecule has 1 N–H and O–H groups in total. The molecule has 3 aromatic rings. The molecule has 0 aliphatic rings. The van der Waals surface area contributed by atoms with Crippen LogP contribution in [0.3, 0.4) is 0 Å². The molecule has 3 rings (SSSR count). The van der Waals surface area contributed by atoms with Crippen molar-refractivity contribution in [1.82, 2.24) is 4.98 Å². The first kappa shape index (κ1) is 15.8. The van der Waals surface area contributed by atoms with Gasteiger partial charge in [0.05, 0.1) is 31.0 Å². The molecule has 0 fully saturated rings. The molecule has 0 atom stereocenters. The van der Waals surface area contributed by atoms with Gasteiger partial charge in [0, 0.05) is 10.9 Å². The van der Waals surface area contributed by atoms with Gasteiger partial charge >= 0.3 is 5.97 Å². The summed E-state index contributed by atoms with van der Waals surface area (Å²) in [6.45, 7) is 1.92. The van der Waals surface area contributed by atoms with E-state index in [9.17, 15) is 9.90 Å². The molecule has 0 aliphatic carbocycles. The van der Waals surface area contributed by atoms with Gasteiger partial charge < -0.3 is 14.6 Å². The van der Waals surface area contributed by atoms with Gasteiger partial charge in [0.1, 0.15) is 0 Å². The van der Waals surface area contributed by atoms with Gasteiger partial charge in [-0.3, -0.25) is 0 Å².